The Morgan fingerprint density at radius 1 is 1.03 bits per heavy atom. The van der Waals surface area contributed by atoms with Gasteiger partial charge >= 0.3 is 0 Å². The van der Waals surface area contributed by atoms with Crippen molar-refractivity contribution in [2.75, 3.05) is 23.3 Å². The second kappa shape index (κ2) is 8.58. The molecule has 0 spiro atoms. The Labute approximate surface area is 184 Å². The second-order valence-electron chi connectivity index (χ2n) is 7.28. The topological polar surface area (TPSA) is 75.7 Å². The van der Waals surface area contributed by atoms with Crippen molar-refractivity contribution < 1.29 is 26.7 Å². The van der Waals surface area contributed by atoms with Crippen LogP contribution in [0.3, 0.4) is 0 Å². The smallest absolute Gasteiger partial charge is 0.264 e. The van der Waals surface area contributed by atoms with Crippen molar-refractivity contribution in [1.29, 1.82) is 0 Å². The van der Waals surface area contributed by atoms with E-state index in [9.17, 15) is 22.0 Å². The van der Waals surface area contributed by atoms with Gasteiger partial charge in [0.05, 0.1) is 23.3 Å². The molecule has 1 N–H and O–H groups in total. The van der Waals surface area contributed by atoms with Gasteiger partial charge in [-0.25, -0.2) is 17.2 Å². The van der Waals surface area contributed by atoms with Crippen LogP contribution in [0, 0.1) is 11.6 Å². The predicted molar refractivity (Wildman–Crippen MR) is 117 cm³/mol. The summed E-state index contributed by atoms with van der Waals surface area (Å²) < 4.78 is 59.8. The average molecular weight is 458 g/mol. The number of hydrogen-bond acceptors (Lipinski definition) is 4. The Kier molecular flexibility index (Phi) is 5.84. The number of nitrogens with zero attached hydrogens (tertiary/aromatic N) is 1. The van der Waals surface area contributed by atoms with Crippen LogP contribution in [0.2, 0.25) is 0 Å². The highest BCUT2D eigenvalue weighted by atomic mass is 32.2. The monoisotopic (exact) mass is 458 g/mol. The summed E-state index contributed by atoms with van der Waals surface area (Å²) in [5.74, 6) is -1.90. The summed E-state index contributed by atoms with van der Waals surface area (Å²) in [5, 5.41) is 2.58. The van der Waals surface area contributed by atoms with Crippen LogP contribution in [0.4, 0.5) is 20.2 Å². The molecule has 3 aromatic carbocycles. The molecule has 1 heterocycles. The van der Waals surface area contributed by atoms with Gasteiger partial charge in [0.25, 0.3) is 15.9 Å². The molecule has 0 aliphatic carbocycles. The fraction of sp³-hybridized carbons (Fsp3) is 0.174. The van der Waals surface area contributed by atoms with E-state index in [1.54, 1.807) is 30.3 Å². The van der Waals surface area contributed by atoms with Crippen LogP contribution >= 0.6 is 0 Å². The first-order valence-electron chi connectivity index (χ1n) is 9.86. The van der Waals surface area contributed by atoms with Crippen LogP contribution in [0.5, 0.6) is 5.75 Å². The molecule has 0 atom stereocenters. The highest BCUT2D eigenvalue weighted by Crippen LogP contribution is 2.34. The van der Waals surface area contributed by atoms with Crippen molar-refractivity contribution in [2.45, 2.75) is 17.7 Å². The van der Waals surface area contributed by atoms with Gasteiger partial charge in [0, 0.05) is 18.3 Å². The molecule has 32 heavy (non-hydrogen) atoms. The van der Waals surface area contributed by atoms with Crippen molar-refractivity contribution in [2.24, 2.45) is 0 Å². The first-order chi connectivity index (χ1) is 15.3. The predicted octanol–water partition coefficient (Wildman–Crippen LogP) is 4.37. The minimum atomic E-state index is -3.78. The molecule has 0 saturated carbocycles. The van der Waals surface area contributed by atoms with Crippen molar-refractivity contribution >= 4 is 27.3 Å². The number of carbonyl (C=O) groups is 1. The number of ether oxygens (including phenoxy) is 1. The van der Waals surface area contributed by atoms with Gasteiger partial charge in [0.2, 0.25) is 0 Å². The van der Waals surface area contributed by atoms with E-state index in [1.165, 1.54) is 23.5 Å². The van der Waals surface area contributed by atoms with Gasteiger partial charge in [-0.2, -0.15) is 0 Å². The third-order valence-corrected chi connectivity index (χ3v) is 7.06. The molecular formula is C23H20F2N2O4S. The fourth-order valence-corrected chi connectivity index (χ4v) is 5.18. The van der Waals surface area contributed by atoms with E-state index in [4.69, 9.17) is 4.74 Å². The zero-order valence-corrected chi connectivity index (χ0v) is 18.0. The lowest BCUT2D eigenvalue weighted by atomic mass is 10.0. The van der Waals surface area contributed by atoms with E-state index >= 15 is 0 Å². The SMILES string of the molecule is COc1ccc(S(=O)(=O)N2CCCc3cc(NC(=O)c4ccc(F)cc4F)ccc32)cc1. The Bertz CT molecular complexity index is 1280. The maximum absolute atomic E-state index is 13.9. The maximum atomic E-state index is 13.9. The summed E-state index contributed by atoms with van der Waals surface area (Å²) in [7, 11) is -2.28. The first-order valence-corrected chi connectivity index (χ1v) is 11.3. The Hall–Kier alpha value is -3.46. The molecule has 0 unspecified atom stereocenters. The zero-order chi connectivity index (χ0) is 22.9. The van der Waals surface area contributed by atoms with Gasteiger partial charge in [-0.3, -0.25) is 9.10 Å². The molecule has 3 aromatic rings. The third-order valence-electron chi connectivity index (χ3n) is 5.24. The number of sulfonamides is 1. The van der Waals surface area contributed by atoms with Crippen LogP contribution in [-0.4, -0.2) is 28.0 Å². The second-order valence-corrected chi connectivity index (χ2v) is 9.14. The number of anilines is 2. The number of methoxy groups -OCH3 is 1. The quantitative estimate of drug-likeness (QED) is 0.616. The van der Waals surface area contributed by atoms with Crippen LogP contribution in [0.25, 0.3) is 0 Å². The minimum absolute atomic E-state index is 0.148. The lowest BCUT2D eigenvalue weighted by Crippen LogP contribution is -2.35. The van der Waals surface area contributed by atoms with Gasteiger partial charge in [-0.1, -0.05) is 0 Å². The number of hydrogen-bond donors (Lipinski definition) is 1. The van der Waals surface area contributed by atoms with E-state index in [0.29, 0.717) is 42.6 Å². The van der Waals surface area contributed by atoms with Gasteiger partial charge in [-0.15, -0.1) is 0 Å². The number of nitrogens with one attached hydrogen (secondary N) is 1. The number of fused-ring (bicyclic) bond motifs is 1. The zero-order valence-electron chi connectivity index (χ0n) is 17.1. The van der Waals surface area contributed by atoms with Gasteiger partial charge < -0.3 is 10.1 Å². The molecule has 166 valence electrons. The van der Waals surface area contributed by atoms with E-state index in [0.717, 1.165) is 17.7 Å². The number of amides is 1. The van der Waals surface area contributed by atoms with Crippen molar-refractivity contribution in [1.82, 2.24) is 0 Å². The van der Waals surface area contributed by atoms with Gasteiger partial charge in [0.15, 0.2) is 0 Å². The van der Waals surface area contributed by atoms with Crippen molar-refractivity contribution in [3.05, 3.63) is 83.4 Å². The molecule has 4 rings (SSSR count). The summed E-state index contributed by atoms with van der Waals surface area (Å²) in [6, 6.07) is 13.7. The molecule has 0 fully saturated rings. The Morgan fingerprint density at radius 3 is 2.47 bits per heavy atom. The van der Waals surface area contributed by atoms with Gasteiger partial charge in [-0.05, 0) is 73.0 Å². The highest BCUT2D eigenvalue weighted by molar-refractivity contribution is 7.92. The standard InChI is InChI=1S/C23H20F2N2O4S/c1-31-18-6-8-19(9-7-18)32(29,30)27-12-2-3-15-13-17(5-11-22(15)27)26-23(28)20-10-4-16(24)14-21(20)25/h4-11,13-14H,2-3,12H2,1H3,(H,26,28). The third kappa shape index (κ3) is 4.16. The normalized spacial score (nSPS) is 13.4. The van der Waals surface area contributed by atoms with Crippen molar-refractivity contribution in [3.63, 3.8) is 0 Å². The Morgan fingerprint density at radius 2 is 1.78 bits per heavy atom. The van der Waals surface area contributed by atoms with Crippen LogP contribution in [0.15, 0.2) is 65.6 Å². The number of rotatable bonds is 5. The number of halogens is 2. The molecular weight excluding hydrogens is 438 g/mol. The highest BCUT2D eigenvalue weighted by Gasteiger charge is 2.29. The Balaban J connectivity index is 1.60. The lowest BCUT2D eigenvalue weighted by molar-refractivity contribution is 0.102. The average Bonchev–Trinajstić information content (AvgIpc) is 2.78. The minimum Gasteiger partial charge on any atom is -0.497 e. The molecule has 1 aliphatic heterocycles. The summed E-state index contributed by atoms with van der Waals surface area (Å²) >= 11 is 0. The molecule has 9 heteroatoms. The summed E-state index contributed by atoms with van der Waals surface area (Å²) in [4.78, 5) is 12.5. The van der Waals surface area contributed by atoms with E-state index < -0.39 is 27.6 Å². The van der Waals surface area contributed by atoms with E-state index in [2.05, 4.69) is 5.32 Å². The molecule has 0 radical (unpaired) electrons. The fourth-order valence-electron chi connectivity index (χ4n) is 3.64. The molecule has 6 nitrogen and oxygen atoms in total. The molecule has 0 saturated heterocycles. The summed E-state index contributed by atoms with van der Waals surface area (Å²) in [6.45, 7) is 0.327. The van der Waals surface area contributed by atoms with Crippen molar-refractivity contribution in [3.8, 4) is 5.75 Å². The number of benzene rings is 3. The number of aryl methyl sites for hydroxylation is 1. The molecule has 0 bridgehead atoms. The summed E-state index contributed by atoms with van der Waals surface area (Å²) in [5.41, 5.74) is 1.37. The maximum Gasteiger partial charge on any atom is 0.264 e. The largest absolute Gasteiger partial charge is 0.497 e. The lowest BCUT2D eigenvalue weighted by Gasteiger charge is -2.31. The first kappa shape index (κ1) is 21.8. The molecule has 1 amide bonds. The van der Waals surface area contributed by atoms with E-state index in [-0.39, 0.29) is 10.5 Å². The number of carbonyl (C=O) groups excluding carboxylic acids is 1. The van der Waals surface area contributed by atoms with Crippen LogP contribution in [0.1, 0.15) is 22.3 Å². The summed E-state index contributed by atoms with van der Waals surface area (Å²) in [6.07, 6.45) is 1.23. The van der Waals surface area contributed by atoms with Gasteiger partial charge in [0.1, 0.15) is 17.4 Å². The van der Waals surface area contributed by atoms with E-state index in [1.807, 2.05) is 0 Å². The molecule has 0 aromatic heterocycles. The molecule has 1 aliphatic rings. The van der Waals surface area contributed by atoms with Crippen LogP contribution < -0.4 is 14.4 Å². The van der Waals surface area contributed by atoms with Crippen LogP contribution in [-0.2, 0) is 16.4 Å².